The second-order valence-corrected chi connectivity index (χ2v) is 6.08. The number of amides is 1. The lowest BCUT2D eigenvalue weighted by molar-refractivity contribution is -0.123. The summed E-state index contributed by atoms with van der Waals surface area (Å²) in [7, 11) is -2.98. The topological polar surface area (TPSA) is 74.7 Å². The first kappa shape index (κ1) is 12.4. The van der Waals surface area contributed by atoms with E-state index in [1.54, 1.807) is 0 Å². The van der Waals surface area contributed by atoms with Crippen LogP contribution in [0, 0.1) is 0 Å². The summed E-state index contributed by atoms with van der Waals surface area (Å²) in [5.41, 5.74) is 0. The van der Waals surface area contributed by atoms with E-state index in [2.05, 4.69) is 0 Å². The van der Waals surface area contributed by atoms with Crippen LogP contribution >= 0.6 is 0 Å². The highest BCUT2D eigenvalue weighted by Crippen LogP contribution is 2.19. The zero-order valence-corrected chi connectivity index (χ0v) is 9.61. The van der Waals surface area contributed by atoms with Gasteiger partial charge in [0.15, 0.2) is 9.84 Å². The van der Waals surface area contributed by atoms with Gasteiger partial charge in [-0.1, -0.05) is 6.92 Å². The van der Waals surface area contributed by atoms with Crippen molar-refractivity contribution in [2.24, 2.45) is 0 Å². The summed E-state index contributed by atoms with van der Waals surface area (Å²) in [4.78, 5) is 12.3. The highest BCUT2D eigenvalue weighted by molar-refractivity contribution is 7.91. The Morgan fingerprint density at radius 1 is 1.60 bits per heavy atom. The van der Waals surface area contributed by atoms with Gasteiger partial charge in [0.25, 0.3) is 0 Å². The van der Waals surface area contributed by atoms with Crippen molar-refractivity contribution in [2.75, 3.05) is 18.1 Å². The molecule has 1 fully saturated rings. The van der Waals surface area contributed by atoms with Crippen LogP contribution in [0.5, 0.6) is 0 Å². The smallest absolute Gasteiger partial charge is 0.210 e. The number of aliphatic hydroxyl groups excluding tert-OH is 1. The average molecular weight is 235 g/mol. The normalized spacial score (nSPS) is 26.1. The van der Waals surface area contributed by atoms with E-state index in [1.165, 1.54) is 4.90 Å². The van der Waals surface area contributed by atoms with Crippen molar-refractivity contribution in [1.29, 1.82) is 0 Å². The van der Waals surface area contributed by atoms with E-state index in [0.29, 0.717) is 19.3 Å². The molecule has 1 aliphatic rings. The molecule has 15 heavy (non-hydrogen) atoms. The van der Waals surface area contributed by atoms with Crippen LogP contribution in [0.1, 0.15) is 19.8 Å². The minimum absolute atomic E-state index is 0.0300. The molecule has 1 amide bonds. The van der Waals surface area contributed by atoms with E-state index in [0.717, 1.165) is 0 Å². The first-order valence-corrected chi connectivity index (χ1v) is 6.90. The van der Waals surface area contributed by atoms with E-state index >= 15 is 0 Å². The quantitative estimate of drug-likeness (QED) is 0.646. The summed E-state index contributed by atoms with van der Waals surface area (Å²) in [6, 6.07) is -0.523. The Labute approximate surface area is 90.0 Å². The second kappa shape index (κ2) is 4.94. The molecule has 0 saturated carbocycles. The van der Waals surface area contributed by atoms with Gasteiger partial charge in [0, 0.05) is 6.04 Å². The maximum atomic E-state index is 11.3. The molecular formula is C9H17NO4S. The molecule has 88 valence electrons. The molecule has 1 aliphatic heterocycles. The zero-order valence-electron chi connectivity index (χ0n) is 8.80. The predicted molar refractivity (Wildman–Crippen MR) is 56.1 cm³/mol. The fraction of sp³-hybridized carbons (Fsp3) is 0.889. The molecule has 2 unspecified atom stereocenters. The van der Waals surface area contributed by atoms with Crippen molar-refractivity contribution in [3.63, 3.8) is 0 Å². The molecule has 1 N–H and O–H groups in total. The third kappa shape index (κ3) is 2.92. The molecule has 0 aromatic carbocycles. The molecule has 1 heterocycles. The van der Waals surface area contributed by atoms with Gasteiger partial charge in [0.05, 0.1) is 24.2 Å². The summed E-state index contributed by atoms with van der Waals surface area (Å²) >= 11 is 0. The van der Waals surface area contributed by atoms with E-state index in [4.69, 9.17) is 5.11 Å². The molecule has 2 atom stereocenters. The number of hydrogen-bond acceptors (Lipinski definition) is 4. The van der Waals surface area contributed by atoms with Crippen molar-refractivity contribution in [3.05, 3.63) is 0 Å². The van der Waals surface area contributed by atoms with Crippen LogP contribution < -0.4 is 0 Å². The fourth-order valence-corrected chi connectivity index (χ4v) is 3.64. The maximum absolute atomic E-state index is 11.3. The molecule has 0 aromatic heterocycles. The standard InChI is InChI=1S/C9H17NO4S/c1-2-8(5-11)10(7-12)9-3-4-15(13,14)6-9/h7-9,11H,2-6H2,1H3. The van der Waals surface area contributed by atoms with Gasteiger partial charge in [-0.05, 0) is 12.8 Å². The molecular weight excluding hydrogens is 218 g/mol. The summed E-state index contributed by atoms with van der Waals surface area (Å²) in [6.07, 6.45) is 1.76. The number of sulfone groups is 1. The number of nitrogens with zero attached hydrogens (tertiary/aromatic N) is 1. The minimum Gasteiger partial charge on any atom is -0.394 e. The van der Waals surface area contributed by atoms with Crippen LogP contribution in [-0.4, -0.2) is 55.0 Å². The van der Waals surface area contributed by atoms with Gasteiger partial charge in [0.2, 0.25) is 6.41 Å². The number of aliphatic hydroxyl groups is 1. The Balaban J connectivity index is 2.72. The average Bonchev–Trinajstić information content (AvgIpc) is 2.54. The monoisotopic (exact) mass is 235 g/mol. The van der Waals surface area contributed by atoms with Crippen LogP contribution in [0.15, 0.2) is 0 Å². The zero-order chi connectivity index (χ0) is 11.5. The summed E-state index contributed by atoms with van der Waals surface area (Å²) in [6.45, 7) is 1.74. The first-order valence-electron chi connectivity index (χ1n) is 5.08. The minimum atomic E-state index is -2.98. The Kier molecular flexibility index (Phi) is 4.10. The largest absolute Gasteiger partial charge is 0.394 e. The van der Waals surface area contributed by atoms with E-state index in [9.17, 15) is 13.2 Å². The summed E-state index contributed by atoms with van der Waals surface area (Å²) < 4.78 is 22.5. The Morgan fingerprint density at radius 2 is 2.27 bits per heavy atom. The molecule has 0 spiro atoms. The van der Waals surface area contributed by atoms with Gasteiger partial charge in [0.1, 0.15) is 0 Å². The molecule has 1 rings (SSSR count). The number of carbonyl (C=O) groups excluding carboxylic acids is 1. The third-order valence-corrected chi connectivity index (χ3v) is 4.61. The van der Waals surface area contributed by atoms with Gasteiger partial charge in [-0.3, -0.25) is 4.79 Å². The van der Waals surface area contributed by atoms with E-state index < -0.39 is 9.84 Å². The van der Waals surface area contributed by atoms with Crippen LogP contribution in [0.4, 0.5) is 0 Å². The van der Waals surface area contributed by atoms with Gasteiger partial charge >= 0.3 is 0 Å². The Morgan fingerprint density at radius 3 is 2.60 bits per heavy atom. The first-order chi connectivity index (χ1) is 7.04. The van der Waals surface area contributed by atoms with Crippen LogP contribution in [0.2, 0.25) is 0 Å². The maximum Gasteiger partial charge on any atom is 0.210 e. The lowest BCUT2D eigenvalue weighted by Gasteiger charge is -2.30. The number of rotatable bonds is 5. The molecule has 0 radical (unpaired) electrons. The molecule has 6 heteroatoms. The third-order valence-electron chi connectivity index (χ3n) is 2.86. The Bertz CT molecular complexity index is 310. The Hall–Kier alpha value is -0.620. The van der Waals surface area contributed by atoms with Crippen molar-refractivity contribution in [2.45, 2.75) is 31.8 Å². The summed E-state index contributed by atoms with van der Waals surface area (Å²) in [5.74, 6) is 0.173. The van der Waals surface area contributed by atoms with Crippen LogP contribution in [0.3, 0.4) is 0 Å². The lowest BCUT2D eigenvalue weighted by Crippen LogP contribution is -2.44. The fourth-order valence-electron chi connectivity index (χ4n) is 1.91. The van der Waals surface area contributed by atoms with Crippen molar-refractivity contribution in [1.82, 2.24) is 4.90 Å². The van der Waals surface area contributed by atoms with E-state index in [1.807, 2.05) is 6.92 Å². The van der Waals surface area contributed by atoms with E-state index in [-0.39, 0.29) is 30.2 Å². The lowest BCUT2D eigenvalue weighted by atomic mass is 10.1. The van der Waals surface area contributed by atoms with Gasteiger partial charge in [-0.2, -0.15) is 0 Å². The van der Waals surface area contributed by atoms with Crippen LogP contribution in [-0.2, 0) is 14.6 Å². The van der Waals surface area contributed by atoms with Gasteiger partial charge < -0.3 is 10.0 Å². The highest BCUT2D eigenvalue weighted by Gasteiger charge is 2.34. The molecule has 1 saturated heterocycles. The summed E-state index contributed by atoms with van der Waals surface area (Å²) in [5, 5.41) is 9.07. The van der Waals surface area contributed by atoms with Crippen molar-refractivity contribution in [3.8, 4) is 0 Å². The second-order valence-electron chi connectivity index (χ2n) is 3.85. The molecule has 0 aliphatic carbocycles. The van der Waals surface area contributed by atoms with Crippen molar-refractivity contribution < 1.29 is 18.3 Å². The van der Waals surface area contributed by atoms with Gasteiger partial charge in [-0.25, -0.2) is 8.42 Å². The highest BCUT2D eigenvalue weighted by atomic mass is 32.2. The molecule has 0 aromatic rings. The van der Waals surface area contributed by atoms with Crippen molar-refractivity contribution >= 4 is 16.2 Å². The SMILES string of the molecule is CCC(CO)N(C=O)C1CCS(=O)(=O)C1. The molecule has 5 nitrogen and oxygen atoms in total. The van der Waals surface area contributed by atoms with Crippen LogP contribution in [0.25, 0.3) is 0 Å². The number of carbonyl (C=O) groups is 1. The van der Waals surface area contributed by atoms with Gasteiger partial charge in [-0.15, -0.1) is 0 Å². The predicted octanol–water partition coefficient (Wildman–Crippen LogP) is -0.597. The molecule has 0 bridgehead atoms. The number of hydrogen-bond donors (Lipinski definition) is 1.